The minimum atomic E-state index is 0.146. The van der Waals surface area contributed by atoms with Crippen molar-refractivity contribution in [2.45, 2.75) is 32.4 Å². The second kappa shape index (κ2) is 4.29. The molecule has 0 aromatic heterocycles. The largest absolute Gasteiger partial charge is 0.380 e. The van der Waals surface area contributed by atoms with Gasteiger partial charge in [0, 0.05) is 24.0 Å². The van der Waals surface area contributed by atoms with Crippen molar-refractivity contribution >= 4 is 28.9 Å². The Labute approximate surface area is 118 Å². The molecule has 4 heteroatoms. The molecule has 98 valence electrons. The van der Waals surface area contributed by atoms with E-state index in [1.807, 2.05) is 18.2 Å². The molecule has 18 heavy (non-hydrogen) atoms. The predicted molar refractivity (Wildman–Crippen MR) is 75.5 cm³/mol. The fraction of sp³-hybridized carbons (Fsp3) is 0.571. The maximum atomic E-state index is 6.23. The molecule has 3 atom stereocenters. The van der Waals surface area contributed by atoms with Crippen LogP contribution in [0.4, 0.5) is 5.69 Å². The predicted octanol–water partition coefficient (Wildman–Crippen LogP) is 4.22. The Balaban J connectivity index is 1.83. The molecule has 1 heterocycles. The van der Waals surface area contributed by atoms with Gasteiger partial charge in [-0.05, 0) is 18.6 Å². The molecule has 1 aliphatic carbocycles. The van der Waals surface area contributed by atoms with Crippen LogP contribution in [0.25, 0.3) is 0 Å². The lowest BCUT2D eigenvalue weighted by Crippen LogP contribution is -2.63. The minimum Gasteiger partial charge on any atom is -0.380 e. The number of anilines is 1. The number of benzene rings is 1. The fourth-order valence-electron chi connectivity index (χ4n) is 3.40. The summed E-state index contributed by atoms with van der Waals surface area (Å²) in [5.74, 6) is 0.593. The van der Waals surface area contributed by atoms with Crippen LogP contribution in [0.1, 0.15) is 20.3 Å². The van der Waals surface area contributed by atoms with Crippen molar-refractivity contribution in [1.29, 1.82) is 0 Å². The highest BCUT2D eigenvalue weighted by Crippen LogP contribution is 2.53. The molecule has 0 radical (unpaired) electrons. The summed E-state index contributed by atoms with van der Waals surface area (Å²) in [6, 6.07) is 6.11. The van der Waals surface area contributed by atoms with Crippen LogP contribution in [0.5, 0.6) is 0 Å². The first-order valence-corrected chi connectivity index (χ1v) is 7.09. The summed E-state index contributed by atoms with van der Waals surface area (Å²) in [4.78, 5) is 0. The van der Waals surface area contributed by atoms with Crippen molar-refractivity contribution in [2.24, 2.45) is 11.3 Å². The van der Waals surface area contributed by atoms with E-state index in [0.29, 0.717) is 28.1 Å². The third-order valence-corrected chi connectivity index (χ3v) is 5.18. The topological polar surface area (TPSA) is 21.3 Å². The van der Waals surface area contributed by atoms with Gasteiger partial charge in [0.05, 0.1) is 21.8 Å². The molecule has 0 spiro atoms. The van der Waals surface area contributed by atoms with Gasteiger partial charge in [0.15, 0.2) is 0 Å². The molecule has 2 aliphatic rings. The first-order valence-electron chi connectivity index (χ1n) is 6.34. The number of fused-ring (bicyclic) bond motifs is 1. The van der Waals surface area contributed by atoms with Gasteiger partial charge in [-0.3, -0.25) is 0 Å². The van der Waals surface area contributed by atoms with Gasteiger partial charge in [0.2, 0.25) is 0 Å². The van der Waals surface area contributed by atoms with Crippen LogP contribution < -0.4 is 5.32 Å². The number of ether oxygens (including phenoxy) is 1. The minimum absolute atomic E-state index is 0.146. The Morgan fingerprint density at radius 2 is 2.11 bits per heavy atom. The summed E-state index contributed by atoms with van der Waals surface area (Å²) in [6.45, 7) is 5.37. The van der Waals surface area contributed by atoms with E-state index in [9.17, 15) is 0 Å². The molecule has 2 nitrogen and oxygen atoms in total. The van der Waals surface area contributed by atoms with Crippen molar-refractivity contribution < 1.29 is 4.74 Å². The zero-order chi connectivity index (χ0) is 12.9. The lowest BCUT2D eigenvalue weighted by Gasteiger charge is -2.55. The van der Waals surface area contributed by atoms with E-state index in [0.717, 1.165) is 18.7 Å². The number of nitrogens with one attached hydrogen (secondary N) is 1. The second-order valence-corrected chi connectivity index (χ2v) is 6.57. The number of rotatable bonds is 2. The molecule has 0 bridgehead atoms. The quantitative estimate of drug-likeness (QED) is 0.879. The summed E-state index contributed by atoms with van der Waals surface area (Å²) in [5.41, 5.74) is 1.07. The van der Waals surface area contributed by atoms with Crippen LogP contribution >= 0.6 is 23.2 Å². The van der Waals surface area contributed by atoms with Crippen molar-refractivity contribution in [1.82, 2.24) is 0 Å². The van der Waals surface area contributed by atoms with E-state index >= 15 is 0 Å². The molecule has 3 unspecified atom stereocenters. The van der Waals surface area contributed by atoms with Crippen LogP contribution in [-0.4, -0.2) is 18.8 Å². The Kier molecular flexibility index (Phi) is 3.00. The first-order chi connectivity index (χ1) is 8.51. The lowest BCUT2D eigenvalue weighted by molar-refractivity contribution is -0.0923. The Hall–Kier alpha value is -0.440. The van der Waals surface area contributed by atoms with Crippen molar-refractivity contribution in [3.05, 3.63) is 28.2 Å². The average molecular weight is 286 g/mol. The van der Waals surface area contributed by atoms with E-state index < -0.39 is 0 Å². The van der Waals surface area contributed by atoms with Gasteiger partial charge in [-0.25, -0.2) is 0 Å². The normalized spacial score (nSPS) is 32.8. The molecule has 1 aliphatic heterocycles. The van der Waals surface area contributed by atoms with Gasteiger partial charge in [-0.2, -0.15) is 0 Å². The van der Waals surface area contributed by atoms with Gasteiger partial charge in [-0.1, -0.05) is 43.1 Å². The lowest BCUT2D eigenvalue weighted by atomic mass is 9.57. The van der Waals surface area contributed by atoms with Crippen LogP contribution in [0.2, 0.25) is 10.0 Å². The van der Waals surface area contributed by atoms with Crippen molar-refractivity contribution in [3.8, 4) is 0 Å². The van der Waals surface area contributed by atoms with Gasteiger partial charge >= 0.3 is 0 Å². The van der Waals surface area contributed by atoms with E-state index in [4.69, 9.17) is 27.9 Å². The molecule has 1 N–H and O–H groups in total. The maximum Gasteiger partial charge on any atom is 0.0823 e. The van der Waals surface area contributed by atoms with Gasteiger partial charge in [0.1, 0.15) is 0 Å². The summed E-state index contributed by atoms with van der Waals surface area (Å²) in [6.07, 6.45) is 1.51. The Bertz CT molecular complexity index is 475. The highest BCUT2D eigenvalue weighted by Gasteiger charge is 2.59. The SMILES string of the molecule is CC1(C)C(Nc2cccc(Cl)c2Cl)C2CCOC21. The zero-order valence-corrected chi connectivity index (χ0v) is 12.1. The van der Waals surface area contributed by atoms with Gasteiger partial charge < -0.3 is 10.1 Å². The Morgan fingerprint density at radius 1 is 1.33 bits per heavy atom. The molecule has 3 rings (SSSR count). The van der Waals surface area contributed by atoms with Gasteiger partial charge in [0.25, 0.3) is 0 Å². The fourth-order valence-corrected chi connectivity index (χ4v) is 3.76. The van der Waals surface area contributed by atoms with E-state index in [2.05, 4.69) is 19.2 Å². The third-order valence-electron chi connectivity index (χ3n) is 4.36. The number of halogens is 2. The number of hydrogen-bond donors (Lipinski definition) is 1. The molecule has 0 amide bonds. The average Bonchev–Trinajstić information content (AvgIpc) is 2.77. The van der Waals surface area contributed by atoms with Crippen LogP contribution in [0.15, 0.2) is 18.2 Å². The van der Waals surface area contributed by atoms with Crippen LogP contribution in [-0.2, 0) is 4.74 Å². The standard InChI is InChI=1S/C14H17Cl2NO/c1-14(2)12(8-6-7-18-13(8)14)17-10-5-3-4-9(15)11(10)16/h3-5,8,12-13,17H,6-7H2,1-2H3. The summed E-state index contributed by atoms with van der Waals surface area (Å²) < 4.78 is 5.79. The third kappa shape index (κ3) is 1.74. The molecular weight excluding hydrogens is 269 g/mol. The van der Waals surface area contributed by atoms with E-state index in [-0.39, 0.29) is 5.41 Å². The second-order valence-electron chi connectivity index (χ2n) is 5.79. The van der Waals surface area contributed by atoms with Crippen LogP contribution in [0.3, 0.4) is 0 Å². The first kappa shape index (κ1) is 12.6. The van der Waals surface area contributed by atoms with Crippen LogP contribution in [0, 0.1) is 11.3 Å². The summed E-state index contributed by atoms with van der Waals surface area (Å²) in [7, 11) is 0. The highest BCUT2D eigenvalue weighted by atomic mass is 35.5. The molecule has 1 aromatic rings. The molecule has 1 saturated heterocycles. The summed E-state index contributed by atoms with van der Waals surface area (Å²) >= 11 is 12.3. The monoisotopic (exact) mass is 285 g/mol. The molecular formula is C14H17Cl2NO. The molecule has 1 saturated carbocycles. The molecule has 1 aromatic carbocycles. The van der Waals surface area contributed by atoms with Crippen molar-refractivity contribution in [3.63, 3.8) is 0 Å². The highest BCUT2D eigenvalue weighted by molar-refractivity contribution is 6.43. The van der Waals surface area contributed by atoms with Gasteiger partial charge in [-0.15, -0.1) is 0 Å². The molecule has 2 fully saturated rings. The smallest absolute Gasteiger partial charge is 0.0823 e. The summed E-state index contributed by atoms with van der Waals surface area (Å²) in [5, 5.41) is 4.76. The Morgan fingerprint density at radius 3 is 2.89 bits per heavy atom. The van der Waals surface area contributed by atoms with Crippen molar-refractivity contribution in [2.75, 3.05) is 11.9 Å². The number of hydrogen-bond acceptors (Lipinski definition) is 2. The zero-order valence-electron chi connectivity index (χ0n) is 10.5. The maximum absolute atomic E-state index is 6.23. The van der Waals surface area contributed by atoms with E-state index in [1.54, 1.807) is 0 Å². The van der Waals surface area contributed by atoms with E-state index in [1.165, 1.54) is 0 Å².